The third-order valence-corrected chi connectivity index (χ3v) is 5.52. The molecule has 0 bridgehead atoms. The second-order valence-corrected chi connectivity index (χ2v) is 7.51. The molecule has 3 aromatic rings. The molecule has 28 heavy (non-hydrogen) atoms. The molecule has 0 atom stereocenters. The highest BCUT2D eigenvalue weighted by molar-refractivity contribution is 7.09. The first-order valence-corrected chi connectivity index (χ1v) is 9.93. The fourth-order valence-electron chi connectivity index (χ4n) is 2.47. The smallest absolute Gasteiger partial charge is 0.255 e. The minimum Gasteiger partial charge on any atom is -0.493 e. The maximum absolute atomic E-state index is 12.6. The van der Waals surface area contributed by atoms with E-state index in [9.17, 15) is 4.79 Å². The van der Waals surface area contributed by atoms with Crippen molar-refractivity contribution in [3.63, 3.8) is 0 Å². The van der Waals surface area contributed by atoms with Gasteiger partial charge in [0, 0.05) is 29.3 Å². The van der Waals surface area contributed by atoms with Crippen LogP contribution in [0.4, 0.5) is 5.69 Å². The molecule has 146 valence electrons. The van der Waals surface area contributed by atoms with E-state index in [0.717, 1.165) is 17.0 Å². The van der Waals surface area contributed by atoms with E-state index in [1.807, 2.05) is 12.4 Å². The molecule has 0 fully saturated rings. The van der Waals surface area contributed by atoms with Crippen LogP contribution in [0.5, 0.6) is 11.5 Å². The number of nitrogens with one attached hydrogen (secondary N) is 1. The molecule has 2 heterocycles. The summed E-state index contributed by atoms with van der Waals surface area (Å²) in [6.45, 7) is 2.40. The quantitative estimate of drug-likeness (QED) is 0.560. The number of nitrogens with zero attached hydrogens (tertiary/aromatic N) is 2. The molecule has 0 saturated carbocycles. The SMILES string of the molecule is COc1ccc(C(=O)Nc2c(Cl)cncc2Cl)cc1OCCc1scnc1C. The number of anilines is 1. The molecule has 6 nitrogen and oxygen atoms in total. The van der Waals surface area contributed by atoms with Crippen molar-refractivity contribution in [3.8, 4) is 11.5 Å². The number of hydrogen-bond donors (Lipinski definition) is 1. The van der Waals surface area contributed by atoms with Gasteiger partial charge >= 0.3 is 0 Å². The average Bonchev–Trinajstić information content (AvgIpc) is 3.09. The summed E-state index contributed by atoms with van der Waals surface area (Å²) in [5.74, 6) is 0.641. The van der Waals surface area contributed by atoms with Gasteiger partial charge in [-0.05, 0) is 25.1 Å². The topological polar surface area (TPSA) is 73.3 Å². The number of aromatic nitrogens is 2. The van der Waals surface area contributed by atoms with Crippen LogP contribution in [-0.4, -0.2) is 29.6 Å². The average molecular weight is 438 g/mol. The largest absolute Gasteiger partial charge is 0.493 e. The summed E-state index contributed by atoms with van der Waals surface area (Å²) in [5.41, 5.74) is 3.50. The first-order valence-electron chi connectivity index (χ1n) is 8.29. The Morgan fingerprint density at radius 2 is 1.96 bits per heavy atom. The van der Waals surface area contributed by atoms with Crippen molar-refractivity contribution < 1.29 is 14.3 Å². The molecule has 1 aromatic carbocycles. The van der Waals surface area contributed by atoms with Gasteiger partial charge in [-0.15, -0.1) is 11.3 Å². The Balaban J connectivity index is 1.74. The van der Waals surface area contributed by atoms with Gasteiger partial charge in [0.15, 0.2) is 11.5 Å². The predicted molar refractivity (Wildman–Crippen MR) is 111 cm³/mol. The minimum atomic E-state index is -0.374. The van der Waals surface area contributed by atoms with E-state index in [-0.39, 0.29) is 16.0 Å². The van der Waals surface area contributed by atoms with Gasteiger partial charge in [-0.3, -0.25) is 9.78 Å². The molecule has 0 spiro atoms. The van der Waals surface area contributed by atoms with E-state index in [1.165, 1.54) is 12.4 Å². The number of halogens is 2. The standard InChI is InChI=1S/C19H17Cl2N3O3S/c1-11-17(28-10-23-11)5-6-27-16-7-12(3-4-15(16)26-2)19(25)24-18-13(20)8-22-9-14(18)21/h3-4,7-10H,5-6H2,1-2H3,(H,22,24,25). The van der Waals surface area contributed by atoms with Gasteiger partial charge in [0.1, 0.15) is 0 Å². The second-order valence-electron chi connectivity index (χ2n) is 5.76. The molecule has 0 aliphatic heterocycles. The first-order chi connectivity index (χ1) is 13.5. The number of aryl methyl sites for hydroxylation is 1. The molecule has 1 N–H and O–H groups in total. The van der Waals surface area contributed by atoms with Crippen molar-refractivity contribution >= 4 is 46.1 Å². The number of methoxy groups -OCH3 is 1. The molecule has 0 unspecified atom stereocenters. The molecular formula is C19H17Cl2N3O3S. The summed E-state index contributed by atoms with van der Waals surface area (Å²) in [4.78, 5) is 21.9. The van der Waals surface area contributed by atoms with E-state index >= 15 is 0 Å². The van der Waals surface area contributed by atoms with Gasteiger partial charge in [-0.25, -0.2) is 4.98 Å². The van der Waals surface area contributed by atoms with Crippen LogP contribution in [0.1, 0.15) is 20.9 Å². The van der Waals surface area contributed by atoms with Crippen molar-refractivity contribution in [1.29, 1.82) is 0 Å². The van der Waals surface area contributed by atoms with Crippen LogP contribution in [0.25, 0.3) is 0 Å². The van der Waals surface area contributed by atoms with E-state index in [2.05, 4.69) is 15.3 Å². The number of benzene rings is 1. The monoisotopic (exact) mass is 437 g/mol. The Morgan fingerprint density at radius 3 is 2.61 bits per heavy atom. The number of rotatable bonds is 7. The van der Waals surface area contributed by atoms with Crippen molar-refractivity contribution in [2.45, 2.75) is 13.3 Å². The van der Waals surface area contributed by atoms with Crippen molar-refractivity contribution in [2.24, 2.45) is 0 Å². The van der Waals surface area contributed by atoms with Crippen LogP contribution in [-0.2, 0) is 6.42 Å². The lowest BCUT2D eigenvalue weighted by molar-refractivity contribution is 0.102. The lowest BCUT2D eigenvalue weighted by Crippen LogP contribution is -2.13. The van der Waals surface area contributed by atoms with E-state index in [1.54, 1.807) is 36.6 Å². The van der Waals surface area contributed by atoms with Crippen LogP contribution < -0.4 is 14.8 Å². The highest BCUT2D eigenvalue weighted by atomic mass is 35.5. The highest BCUT2D eigenvalue weighted by Gasteiger charge is 2.15. The number of ether oxygens (including phenoxy) is 2. The van der Waals surface area contributed by atoms with Gasteiger partial charge in [0.25, 0.3) is 5.91 Å². The molecule has 0 radical (unpaired) electrons. The Kier molecular flexibility index (Phi) is 6.72. The number of carbonyl (C=O) groups excluding carboxylic acids is 1. The number of pyridine rings is 1. The maximum atomic E-state index is 12.6. The first kappa shape index (κ1) is 20.4. The Bertz CT molecular complexity index is 974. The molecule has 0 aliphatic rings. The van der Waals surface area contributed by atoms with E-state index in [4.69, 9.17) is 32.7 Å². The summed E-state index contributed by atoms with van der Waals surface area (Å²) in [6, 6.07) is 4.94. The molecule has 0 aliphatic carbocycles. The van der Waals surface area contributed by atoms with Crippen molar-refractivity contribution in [2.75, 3.05) is 19.0 Å². The molecule has 2 aromatic heterocycles. The maximum Gasteiger partial charge on any atom is 0.255 e. The molecule has 1 amide bonds. The summed E-state index contributed by atoms with van der Waals surface area (Å²) < 4.78 is 11.2. The lowest BCUT2D eigenvalue weighted by atomic mass is 10.2. The normalized spacial score (nSPS) is 10.6. The summed E-state index contributed by atoms with van der Waals surface area (Å²) in [7, 11) is 1.55. The number of thiazole rings is 1. The third-order valence-electron chi connectivity index (χ3n) is 3.95. The zero-order chi connectivity index (χ0) is 20.1. The Labute approximate surface area is 176 Å². The lowest BCUT2D eigenvalue weighted by Gasteiger charge is -2.13. The third kappa shape index (κ3) is 4.73. The van der Waals surface area contributed by atoms with Gasteiger partial charge in [0.05, 0.1) is 40.7 Å². The number of amides is 1. The molecule has 3 rings (SSSR count). The molecule has 9 heteroatoms. The van der Waals surface area contributed by atoms with Gasteiger partial charge in [0.2, 0.25) is 0 Å². The van der Waals surface area contributed by atoms with Crippen LogP contribution in [0.2, 0.25) is 10.0 Å². The molecule has 0 saturated heterocycles. The van der Waals surface area contributed by atoms with Crippen LogP contribution >= 0.6 is 34.5 Å². The number of carbonyl (C=O) groups is 1. The van der Waals surface area contributed by atoms with Crippen molar-refractivity contribution in [3.05, 3.63) is 62.3 Å². The van der Waals surface area contributed by atoms with E-state index < -0.39 is 0 Å². The van der Waals surface area contributed by atoms with Crippen LogP contribution in [0.3, 0.4) is 0 Å². The summed E-state index contributed by atoms with van der Waals surface area (Å²) >= 11 is 13.7. The fraction of sp³-hybridized carbons (Fsp3) is 0.211. The minimum absolute atomic E-state index is 0.255. The van der Waals surface area contributed by atoms with Gasteiger partial charge in [-0.1, -0.05) is 23.2 Å². The zero-order valence-electron chi connectivity index (χ0n) is 15.2. The van der Waals surface area contributed by atoms with Gasteiger partial charge < -0.3 is 14.8 Å². The summed E-state index contributed by atoms with van der Waals surface area (Å²) in [5, 5.41) is 3.21. The van der Waals surface area contributed by atoms with Crippen LogP contribution in [0.15, 0.2) is 36.1 Å². The van der Waals surface area contributed by atoms with E-state index in [0.29, 0.717) is 29.4 Å². The Morgan fingerprint density at radius 1 is 1.21 bits per heavy atom. The highest BCUT2D eigenvalue weighted by Crippen LogP contribution is 2.31. The predicted octanol–water partition coefficient (Wildman–Crippen LogP) is 5.04. The summed E-state index contributed by atoms with van der Waals surface area (Å²) in [6.07, 6.45) is 3.54. The fourth-order valence-corrected chi connectivity index (χ4v) is 3.69. The number of hydrogen-bond acceptors (Lipinski definition) is 6. The Hall–Kier alpha value is -2.35. The van der Waals surface area contributed by atoms with Crippen LogP contribution in [0, 0.1) is 6.92 Å². The van der Waals surface area contributed by atoms with Crippen molar-refractivity contribution in [1.82, 2.24) is 9.97 Å². The zero-order valence-corrected chi connectivity index (χ0v) is 17.5. The molecular weight excluding hydrogens is 421 g/mol. The van der Waals surface area contributed by atoms with Gasteiger partial charge in [-0.2, -0.15) is 0 Å². The second kappa shape index (κ2) is 9.23.